The first-order valence-corrected chi connectivity index (χ1v) is 13.3. The van der Waals surface area contributed by atoms with Crippen molar-refractivity contribution in [3.05, 3.63) is 51.7 Å². The van der Waals surface area contributed by atoms with Gasteiger partial charge < -0.3 is 10.6 Å². The minimum absolute atomic E-state index is 0.0194. The van der Waals surface area contributed by atoms with Gasteiger partial charge in [0.05, 0.1) is 9.77 Å². The van der Waals surface area contributed by atoms with Gasteiger partial charge in [0.15, 0.2) is 0 Å². The Morgan fingerprint density at radius 1 is 1.16 bits per heavy atom. The number of nitrogens with zero attached hydrogens (tertiary/aromatic N) is 1. The van der Waals surface area contributed by atoms with E-state index in [9.17, 15) is 18.0 Å². The quantitative estimate of drug-likeness (QED) is 0.583. The predicted molar refractivity (Wildman–Crippen MR) is 126 cm³/mol. The van der Waals surface area contributed by atoms with Gasteiger partial charge in [-0.25, -0.2) is 8.42 Å². The van der Waals surface area contributed by atoms with Crippen molar-refractivity contribution in [1.82, 2.24) is 14.9 Å². The highest BCUT2D eigenvalue weighted by Gasteiger charge is 2.36. The fraction of sp³-hybridized carbons (Fsp3) is 0.455. The Labute approximate surface area is 198 Å². The lowest BCUT2D eigenvalue weighted by Gasteiger charge is -2.35. The summed E-state index contributed by atoms with van der Waals surface area (Å²) < 4.78 is 27.4. The SMILES string of the molecule is CCC(C)NC(=O)C(NC(=O)c1cccs1)C1CCN(S(=O)(=O)c2ccc(Cl)cc2)CC1. The highest BCUT2D eigenvalue weighted by atomic mass is 35.5. The van der Waals surface area contributed by atoms with Crippen LogP contribution in [0.15, 0.2) is 46.7 Å². The van der Waals surface area contributed by atoms with Crippen LogP contribution in [0, 0.1) is 5.92 Å². The van der Waals surface area contributed by atoms with Crippen molar-refractivity contribution < 1.29 is 18.0 Å². The molecule has 32 heavy (non-hydrogen) atoms. The van der Waals surface area contributed by atoms with E-state index in [1.165, 1.54) is 27.8 Å². The van der Waals surface area contributed by atoms with Crippen LogP contribution in [0.3, 0.4) is 0 Å². The summed E-state index contributed by atoms with van der Waals surface area (Å²) in [5, 5.41) is 8.12. The molecular formula is C22H28ClN3O4S2. The second-order valence-corrected chi connectivity index (χ2v) is 11.3. The lowest BCUT2D eigenvalue weighted by molar-refractivity contribution is -0.125. The van der Waals surface area contributed by atoms with Gasteiger partial charge in [-0.1, -0.05) is 24.6 Å². The summed E-state index contributed by atoms with van der Waals surface area (Å²) in [5.41, 5.74) is 0. The molecule has 2 unspecified atom stereocenters. The van der Waals surface area contributed by atoms with Crippen molar-refractivity contribution in [2.45, 2.75) is 50.1 Å². The zero-order chi connectivity index (χ0) is 23.3. The zero-order valence-electron chi connectivity index (χ0n) is 18.1. The van der Waals surface area contributed by atoms with E-state index in [2.05, 4.69) is 10.6 Å². The number of amides is 2. The van der Waals surface area contributed by atoms with Crippen LogP contribution in [0.25, 0.3) is 0 Å². The van der Waals surface area contributed by atoms with Crippen molar-refractivity contribution in [2.75, 3.05) is 13.1 Å². The van der Waals surface area contributed by atoms with Gasteiger partial charge in [0.1, 0.15) is 6.04 Å². The molecule has 2 amide bonds. The molecule has 1 aromatic carbocycles. The number of nitrogens with one attached hydrogen (secondary N) is 2. The minimum Gasteiger partial charge on any atom is -0.352 e. The zero-order valence-corrected chi connectivity index (χ0v) is 20.5. The van der Waals surface area contributed by atoms with Crippen LogP contribution in [0.2, 0.25) is 5.02 Å². The largest absolute Gasteiger partial charge is 0.352 e. The summed E-state index contributed by atoms with van der Waals surface area (Å²) in [6.45, 7) is 4.44. The van der Waals surface area contributed by atoms with E-state index in [0.717, 1.165) is 6.42 Å². The molecule has 2 atom stereocenters. The first-order valence-electron chi connectivity index (χ1n) is 10.6. The van der Waals surface area contributed by atoms with Gasteiger partial charge >= 0.3 is 0 Å². The van der Waals surface area contributed by atoms with Gasteiger partial charge in [-0.15, -0.1) is 11.3 Å². The molecule has 3 rings (SSSR count). The van der Waals surface area contributed by atoms with Gasteiger partial charge in [0.25, 0.3) is 5.91 Å². The first kappa shape index (κ1) is 24.7. The highest BCUT2D eigenvalue weighted by Crippen LogP contribution is 2.27. The fourth-order valence-corrected chi connectivity index (χ4v) is 5.88. The Bertz CT molecular complexity index is 1020. The van der Waals surface area contributed by atoms with E-state index in [-0.39, 0.29) is 41.8 Å². The van der Waals surface area contributed by atoms with Crippen molar-refractivity contribution in [2.24, 2.45) is 5.92 Å². The Balaban J connectivity index is 1.71. The Hall–Kier alpha value is -1.94. The molecule has 1 aliphatic rings. The van der Waals surface area contributed by atoms with Crippen LogP contribution in [0.5, 0.6) is 0 Å². The monoisotopic (exact) mass is 497 g/mol. The molecule has 0 spiro atoms. The summed E-state index contributed by atoms with van der Waals surface area (Å²) in [6.07, 6.45) is 1.71. The smallest absolute Gasteiger partial charge is 0.262 e. The summed E-state index contributed by atoms with van der Waals surface area (Å²) in [5.74, 6) is -0.691. The molecule has 1 saturated heterocycles. The van der Waals surface area contributed by atoms with Crippen molar-refractivity contribution in [3.63, 3.8) is 0 Å². The molecule has 174 valence electrons. The molecule has 10 heteroatoms. The minimum atomic E-state index is -3.64. The molecule has 2 N–H and O–H groups in total. The van der Waals surface area contributed by atoms with E-state index in [1.54, 1.807) is 24.3 Å². The second-order valence-electron chi connectivity index (χ2n) is 7.94. The van der Waals surface area contributed by atoms with E-state index in [1.807, 2.05) is 19.2 Å². The average molecular weight is 498 g/mol. The van der Waals surface area contributed by atoms with Crippen molar-refractivity contribution in [1.29, 1.82) is 0 Å². The maximum absolute atomic E-state index is 13.0. The third-order valence-corrected chi connectivity index (χ3v) is 8.77. The summed E-state index contributed by atoms with van der Waals surface area (Å²) >= 11 is 7.19. The molecule has 0 radical (unpaired) electrons. The first-order chi connectivity index (χ1) is 15.2. The van der Waals surface area contributed by atoms with Gasteiger partial charge in [-0.2, -0.15) is 4.31 Å². The molecule has 2 heterocycles. The molecule has 1 aromatic heterocycles. The standard InChI is InChI=1S/C22H28ClN3O4S2/c1-3-15(2)24-22(28)20(25-21(27)19-5-4-14-31-19)16-10-12-26(13-11-16)32(29,30)18-8-6-17(23)7-9-18/h4-9,14-16,20H,3,10-13H2,1-2H3,(H,24,28)(H,25,27). The van der Waals surface area contributed by atoms with Crippen LogP contribution in [0.4, 0.5) is 0 Å². The number of rotatable bonds is 8. The van der Waals surface area contributed by atoms with E-state index < -0.39 is 16.1 Å². The van der Waals surface area contributed by atoms with Crippen LogP contribution in [-0.2, 0) is 14.8 Å². The number of sulfonamides is 1. The molecule has 0 saturated carbocycles. The molecule has 0 aliphatic carbocycles. The Morgan fingerprint density at radius 2 is 1.81 bits per heavy atom. The fourth-order valence-electron chi connectivity index (χ4n) is 3.66. The van der Waals surface area contributed by atoms with E-state index in [4.69, 9.17) is 11.6 Å². The van der Waals surface area contributed by atoms with Crippen molar-refractivity contribution >= 4 is 44.8 Å². The predicted octanol–water partition coefficient (Wildman–Crippen LogP) is 3.52. The maximum atomic E-state index is 13.0. The maximum Gasteiger partial charge on any atom is 0.262 e. The number of hydrogen-bond acceptors (Lipinski definition) is 5. The number of benzene rings is 1. The van der Waals surface area contributed by atoms with Gasteiger partial charge in [0.2, 0.25) is 15.9 Å². The van der Waals surface area contributed by atoms with Crippen LogP contribution >= 0.6 is 22.9 Å². The number of halogens is 1. The number of carbonyl (C=O) groups is 2. The lowest BCUT2D eigenvalue weighted by Crippen LogP contribution is -2.55. The molecule has 1 aliphatic heterocycles. The lowest BCUT2D eigenvalue weighted by atomic mass is 9.89. The Kier molecular flexibility index (Phi) is 8.32. The summed E-state index contributed by atoms with van der Waals surface area (Å²) in [4.78, 5) is 26.4. The van der Waals surface area contributed by atoms with Crippen LogP contribution < -0.4 is 10.6 Å². The number of piperidine rings is 1. The molecule has 1 fully saturated rings. The van der Waals surface area contributed by atoms with Gasteiger partial charge in [-0.05, 0) is 67.8 Å². The van der Waals surface area contributed by atoms with Gasteiger partial charge in [0, 0.05) is 24.2 Å². The topological polar surface area (TPSA) is 95.6 Å². The second kappa shape index (κ2) is 10.8. The average Bonchev–Trinajstić information content (AvgIpc) is 3.32. The Morgan fingerprint density at radius 3 is 2.38 bits per heavy atom. The van der Waals surface area contributed by atoms with E-state index in [0.29, 0.717) is 22.7 Å². The number of thiophene rings is 1. The summed E-state index contributed by atoms with van der Waals surface area (Å²) in [7, 11) is -3.64. The summed E-state index contributed by atoms with van der Waals surface area (Å²) in [6, 6.07) is 8.85. The normalized spacial score (nSPS) is 17.5. The third-order valence-electron chi connectivity index (χ3n) is 5.74. The van der Waals surface area contributed by atoms with E-state index >= 15 is 0 Å². The highest BCUT2D eigenvalue weighted by molar-refractivity contribution is 7.89. The number of carbonyl (C=O) groups excluding carboxylic acids is 2. The molecule has 0 bridgehead atoms. The molecule has 7 nitrogen and oxygen atoms in total. The third kappa shape index (κ3) is 5.89. The molecular weight excluding hydrogens is 470 g/mol. The van der Waals surface area contributed by atoms with Crippen LogP contribution in [0.1, 0.15) is 42.8 Å². The molecule has 2 aromatic rings. The van der Waals surface area contributed by atoms with Crippen LogP contribution in [-0.4, -0.2) is 49.7 Å². The number of hydrogen-bond donors (Lipinski definition) is 2. The van der Waals surface area contributed by atoms with Crippen molar-refractivity contribution in [3.8, 4) is 0 Å². The van der Waals surface area contributed by atoms with Gasteiger partial charge in [-0.3, -0.25) is 9.59 Å².